The van der Waals surface area contributed by atoms with E-state index in [0.29, 0.717) is 5.69 Å². The minimum absolute atomic E-state index is 0.0589. The summed E-state index contributed by atoms with van der Waals surface area (Å²) in [5.74, 6) is -0.877. The van der Waals surface area contributed by atoms with Crippen LogP contribution >= 0.6 is 15.9 Å². The molecule has 0 atom stereocenters. The number of nitrogens with one attached hydrogen (secondary N) is 1. The molecular formula is C11H9BrN2O2. The molecule has 16 heavy (non-hydrogen) atoms. The van der Waals surface area contributed by atoms with Gasteiger partial charge in [-0.15, -0.1) is 0 Å². The van der Waals surface area contributed by atoms with Crippen molar-refractivity contribution in [3.8, 4) is 11.1 Å². The number of aromatic amines is 1. The summed E-state index contributed by atoms with van der Waals surface area (Å²) < 4.78 is 0.919. The molecule has 0 bridgehead atoms. The quantitative estimate of drug-likeness (QED) is 0.908. The second-order valence-electron chi connectivity index (χ2n) is 3.31. The molecule has 1 aromatic carbocycles. The van der Waals surface area contributed by atoms with Gasteiger partial charge in [-0.25, -0.2) is 0 Å². The standard InChI is InChI=1S/C11H9BrN2O2/c12-9-4-2-1-3-7(9)8-6-13-14-10(8)5-11(15)16/h1-4,6H,5H2,(H,13,14)(H,15,16). The highest BCUT2D eigenvalue weighted by Gasteiger charge is 2.12. The van der Waals surface area contributed by atoms with Crippen molar-refractivity contribution in [1.29, 1.82) is 0 Å². The molecular weight excluding hydrogens is 272 g/mol. The molecule has 0 spiro atoms. The smallest absolute Gasteiger partial charge is 0.309 e. The Morgan fingerprint density at radius 3 is 2.81 bits per heavy atom. The van der Waals surface area contributed by atoms with Crippen molar-refractivity contribution in [1.82, 2.24) is 10.2 Å². The molecule has 1 heterocycles. The van der Waals surface area contributed by atoms with Gasteiger partial charge in [0, 0.05) is 10.0 Å². The number of nitrogens with zero attached hydrogens (tertiary/aromatic N) is 1. The van der Waals surface area contributed by atoms with Gasteiger partial charge >= 0.3 is 5.97 Å². The van der Waals surface area contributed by atoms with Crippen molar-refractivity contribution in [2.75, 3.05) is 0 Å². The monoisotopic (exact) mass is 280 g/mol. The van der Waals surface area contributed by atoms with Crippen molar-refractivity contribution >= 4 is 21.9 Å². The largest absolute Gasteiger partial charge is 0.481 e. The number of halogens is 1. The van der Waals surface area contributed by atoms with Crippen LogP contribution in [0.25, 0.3) is 11.1 Å². The fraction of sp³-hybridized carbons (Fsp3) is 0.0909. The van der Waals surface area contributed by atoms with Crippen molar-refractivity contribution in [3.63, 3.8) is 0 Å². The third kappa shape index (κ3) is 2.14. The van der Waals surface area contributed by atoms with E-state index in [0.717, 1.165) is 15.6 Å². The lowest BCUT2D eigenvalue weighted by atomic mass is 10.1. The van der Waals surface area contributed by atoms with Gasteiger partial charge in [-0.3, -0.25) is 9.89 Å². The van der Waals surface area contributed by atoms with Gasteiger partial charge in [0.25, 0.3) is 0 Å². The zero-order valence-electron chi connectivity index (χ0n) is 8.27. The fourth-order valence-electron chi connectivity index (χ4n) is 1.51. The highest BCUT2D eigenvalue weighted by atomic mass is 79.9. The van der Waals surface area contributed by atoms with E-state index in [4.69, 9.17) is 5.11 Å². The molecule has 0 radical (unpaired) electrons. The molecule has 0 fully saturated rings. The predicted octanol–water partition coefficient (Wildman–Crippen LogP) is 2.47. The van der Waals surface area contributed by atoms with Crippen LogP contribution in [0.1, 0.15) is 5.69 Å². The van der Waals surface area contributed by atoms with E-state index in [-0.39, 0.29) is 6.42 Å². The van der Waals surface area contributed by atoms with Crippen molar-refractivity contribution < 1.29 is 9.90 Å². The molecule has 0 saturated carbocycles. The van der Waals surface area contributed by atoms with Gasteiger partial charge in [-0.05, 0) is 11.6 Å². The number of H-pyrrole nitrogens is 1. The molecule has 0 amide bonds. The first kappa shape index (κ1) is 10.9. The average Bonchev–Trinajstić information content (AvgIpc) is 2.66. The Balaban J connectivity index is 2.45. The second kappa shape index (κ2) is 4.49. The highest BCUT2D eigenvalue weighted by molar-refractivity contribution is 9.10. The summed E-state index contributed by atoms with van der Waals surface area (Å²) >= 11 is 3.43. The molecule has 0 saturated heterocycles. The van der Waals surface area contributed by atoms with Crippen molar-refractivity contribution in [2.45, 2.75) is 6.42 Å². The van der Waals surface area contributed by atoms with Crippen LogP contribution < -0.4 is 0 Å². The molecule has 2 rings (SSSR count). The van der Waals surface area contributed by atoms with E-state index in [1.165, 1.54) is 0 Å². The molecule has 4 nitrogen and oxygen atoms in total. The molecule has 2 N–H and O–H groups in total. The zero-order valence-corrected chi connectivity index (χ0v) is 9.86. The van der Waals surface area contributed by atoms with E-state index in [1.54, 1.807) is 6.20 Å². The topological polar surface area (TPSA) is 66.0 Å². The Bertz CT molecular complexity index is 522. The first-order chi connectivity index (χ1) is 7.68. The van der Waals surface area contributed by atoms with Crippen molar-refractivity contribution in [2.24, 2.45) is 0 Å². The van der Waals surface area contributed by atoms with E-state index >= 15 is 0 Å². The third-order valence-corrected chi connectivity index (χ3v) is 2.90. The number of hydrogen-bond acceptors (Lipinski definition) is 2. The maximum Gasteiger partial charge on any atom is 0.309 e. The third-order valence-electron chi connectivity index (χ3n) is 2.21. The van der Waals surface area contributed by atoms with Gasteiger partial charge in [-0.1, -0.05) is 34.1 Å². The summed E-state index contributed by atoms with van der Waals surface area (Å²) in [6.07, 6.45) is 1.58. The number of carboxylic acid groups (broad SMARTS) is 1. The second-order valence-corrected chi connectivity index (χ2v) is 4.17. The Morgan fingerprint density at radius 1 is 1.38 bits per heavy atom. The summed E-state index contributed by atoms with van der Waals surface area (Å²) in [6, 6.07) is 7.63. The number of carbonyl (C=O) groups is 1. The Labute approximate surface area is 100 Å². The van der Waals surface area contributed by atoms with E-state index in [2.05, 4.69) is 26.1 Å². The van der Waals surface area contributed by atoms with Crippen LogP contribution in [0.2, 0.25) is 0 Å². The van der Waals surface area contributed by atoms with Gasteiger partial charge in [0.05, 0.1) is 18.3 Å². The maximum absolute atomic E-state index is 10.7. The summed E-state index contributed by atoms with van der Waals surface area (Å²) in [4.78, 5) is 10.7. The van der Waals surface area contributed by atoms with E-state index in [1.807, 2.05) is 24.3 Å². The van der Waals surface area contributed by atoms with Crippen LogP contribution in [-0.2, 0) is 11.2 Å². The molecule has 1 aromatic heterocycles. The predicted molar refractivity (Wildman–Crippen MR) is 63.1 cm³/mol. The molecule has 2 aromatic rings. The summed E-state index contributed by atoms with van der Waals surface area (Å²) in [5, 5.41) is 15.4. The van der Waals surface area contributed by atoms with E-state index in [9.17, 15) is 4.79 Å². The molecule has 0 unspecified atom stereocenters. The average molecular weight is 281 g/mol. The first-order valence-electron chi connectivity index (χ1n) is 4.67. The molecule has 5 heteroatoms. The van der Waals surface area contributed by atoms with Gasteiger partial charge in [-0.2, -0.15) is 5.10 Å². The van der Waals surface area contributed by atoms with Crippen LogP contribution in [0, 0.1) is 0 Å². The summed E-state index contributed by atoms with van der Waals surface area (Å²) in [6.45, 7) is 0. The van der Waals surface area contributed by atoms with Crippen LogP contribution in [0.3, 0.4) is 0 Å². The lowest BCUT2D eigenvalue weighted by Gasteiger charge is -2.03. The van der Waals surface area contributed by atoms with E-state index < -0.39 is 5.97 Å². The Morgan fingerprint density at radius 2 is 2.12 bits per heavy atom. The SMILES string of the molecule is O=C(O)Cc1[nH]ncc1-c1ccccc1Br. The van der Waals surface area contributed by atoms with Gasteiger partial charge in [0.1, 0.15) is 0 Å². The number of aliphatic carboxylic acids is 1. The van der Waals surface area contributed by atoms with Crippen LogP contribution in [-0.4, -0.2) is 21.3 Å². The maximum atomic E-state index is 10.7. The minimum Gasteiger partial charge on any atom is -0.481 e. The Hall–Kier alpha value is -1.62. The molecule has 0 aliphatic carbocycles. The lowest BCUT2D eigenvalue weighted by Crippen LogP contribution is -2.01. The zero-order chi connectivity index (χ0) is 11.5. The lowest BCUT2D eigenvalue weighted by molar-refractivity contribution is -0.136. The van der Waals surface area contributed by atoms with Crippen molar-refractivity contribution in [3.05, 3.63) is 40.6 Å². The van der Waals surface area contributed by atoms with Gasteiger partial charge in [0.2, 0.25) is 0 Å². The number of rotatable bonds is 3. The number of hydrogen-bond donors (Lipinski definition) is 2. The van der Waals surface area contributed by atoms with Crippen LogP contribution in [0.4, 0.5) is 0 Å². The molecule has 0 aliphatic heterocycles. The minimum atomic E-state index is -0.877. The summed E-state index contributed by atoms with van der Waals surface area (Å²) in [5.41, 5.74) is 2.36. The summed E-state index contributed by atoms with van der Waals surface area (Å²) in [7, 11) is 0. The van der Waals surface area contributed by atoms with Crippen LogP contribution in [0.5, 0.6) is 0 Å². The van der Waals surface area contributed by atoms with Gasteiger partial charge < -0.3 is 5.11 Å². The van der Waals surface area contributed by atoms with Gasteiger partial charge in [0.15, 0.2) is 0 Å². The normalized spacial score (nSPS) is 10.3. The first-order valence-corrected chi connectivity index (χ1v) is 5.46. The highest BCUT2D eigenvalue weighted by Crippen LogP contribution is 2.29. The number of aromatic nitrogens is 2. The Kier molecular flexibility index (Phi) is 3.05. The number of benzene rings is 1. The number of carboxylic acids is 1. The fourth-order valence-corrected chi connectivity index (χ4v) is 2.01. The molecule has 0 aliphatic rings. The molecule has 82 valence electrons. The van der Waals surface area contributed by atoms with Crippen LogP contribution in [0.15, 0.2) is 34.9 Å².